The molecular formula is C14H21N. The monoisotopic (exact) mass is 203 g/mol. The van der Waals surface area contributed by atoms with Crippen LogP contribution in [0.4, 0.5) is 0 Å². The second kappa shape index (κ2) is 4.80. The molecule has 1 fully saturated rings. The molecule has 1 heteroatoms. The van der Waals surface area contributed by atoms with Gasteiger partial charge in [-0.3, -0.25) is 0 Å². The Kier molecular flexibility index (Phi) is 3.42. The van der Waals surface area contributed by atoms with Crippen molar-refractivity contribution >= 4 is 0 Å². The molecule has 2 N–H and O–H groups in total. The molecule has 0 radical (unpaired) electrons. The highest BCUT2D eigenvalue weighted by molar-refractivity contribution is 5.29. The molecule has 0 aliphatic heterocycles. The quantitative estimate of drug-likeness (QED) is 0.696. The standard InChI is InChI=1S/C14H21N/c1-11-6-2-5-9-14(11)12-7-3-4-8-13(15)10-12/h2,5-6,9,12-13H,3-4,7-8,10,15H2,1H3. The first-order chi connectivity index (χ1) is 7.27. The first kappa shape index (κ1) is 10.7. The lowest BCUT2D eigenvalue weighted by molar-refractivity contribution is 0.534. The summed E-state index contributed by atoms with van der Waals surface area (Å²) in [7, 11) is 0. The number of aryl methyl sites for hydroxylation is 1. The van der Waals surface area contributed by atoms with Crippen molar-refractivity contribution in [2.24, 2.45) is 5.73 Å². The molecule has 1 aliphatic carbocycles. The van der Waals surface area contributed by atoms with Crippen LogP contribution in [0.3, 0.4) is 0 Å². The summed E-state index contributed by atoms with van der Waals surface area (Å²) in [5.74, 6) is 0.698. The zero-order valence-electron chi connectivity index (χ0n) is 9.58. The smallest absolute Gasteiger partial charge is 0.00446 e. The molecule has 0 bridgehead atoms. The second-order valence-electron chi connectivity index (χ2n) is 4.83. The van der Waals surface area contributed by atoms with Crippen molar-refractivity contribution in [1.82, 2.24) is 0 Å². The average molecular weight is 203 g/mol. The zero-order valence-corrected chi connectivity index (χ0v) is 9.58. The maximum absolute atomic E-state index is 6.11. The third-order valence-corrected chi connectivity index (χ3v) is 3.59. The summed E-state index contributed by atoms with van der Waals surface area (Å²) in [6.07, 6.45) is 6.35. The van der Waals surface area contributed by atoms with Gasteiger partial charge in [-0.1, -0.05) is 37.1 Å². The molecular weight excluding hydrogens is 182 g/mol. The molecule has 82 valence electrons. The molecule has 15 heavy (non-hydrogen) atoms. The summed E-state index contributed by atoms with van der Waals surface area (Å²) in [5.41, 5.74) is 9.06. The summed E-state index contributed by atoms with van der Waals surface area (Å²) < 4.78 is 0. The second-order valence-corrected chi connectivity index (χ2v) is 4.83. The van der Waals surface area contributed by atoms with E-state index in [1.807, 2.05) is 0 Å². The third kappa shape index (κ3) is 2.60. The van der Waals surface area contributed by atoms with Gasteiger partial charge in [0, 0.05) is 6.04 Å². The Labute approximate surface area is 92.7 Å². The highest BCUT2D eigenvalue weighted by Crippen LogP contribution is 2.32. The number of nitrogens with two attached hydrogens (primary N) is 1. The molecule has 1 aromatic carbocycles. The Hall–Kier alpha value is -0.820. The lowest BCUT2D eigenvalue weighted by Gasteiger charge is -2.19. The van der Waals surface area contributed by atoms with Gasteiger partial charge in [0.05, 0.1) is 0 Å². The van der Waals surface area contributed by atoms with E-state index in [1.54, 1.807) is 0 Å². The lowest BCUT2D eigenvalue weighted by Crippen LogP contribution is -2.21. The maximum Gasteiger partial charge on any atom is 0.00446 e. The zero-order chi connectivity index (χ0) is 10.7. The third-order valence-electron chi connectivity index (χ3n) is 3.59. The minimum absolute atomic E-state index is 0.414. The van der Waals surface area contributed by atoms with Crippen LogP contribution in [-0.2, 0) is 0 Å². The summed E-state index contributed by atoms with van der Waals surface area (Å²) in [4.78, 5) is 0. The van der Waals surface area contributed by atoms with E-state index in [9.17, 15) is 0 Å². The van der Waals surface area contributed by atoms with E-state index < -0.39 is 0 Å². The fraction of sp³-hybridized carbons (Fsp3) is 0.571. The van der Waals surface area contributed by atoms with E-state index >= 15 is 0 Å². The van der Waals surface area contributed by atoms with Gasteiger partial charge in [-0.2, -0.15) is 0 Å². The number of hydrogen-bond acceptors (Lipinski definition) is 1. The molecule has 2 unspecified atom stereocenters. The van der Waals surface area contributed by atoms with Crippen molar-refractivity contribution in [3.05, 3.63) is 35.4 Å². The Morgan fingerprint density at radius 3 is 2.67 bits per heavy atom. The molecule has 1 aromatic rings. The van der Waals surface area contributed by atoms with Crippen molar-refractivity contribution in [2.75, 3.05) is 0 Å². The van der Waals surface area contributed by atoms with Crippen molar-refractivity contribution in [3.8, 4) is 0 Å². The molecule has 1 nitrogen and oxygen atoms in total. The predicted molar refractivity (Wildman–Crippen MR) is 65.0 cm³/mol. The van der Waals surface area contributed by atoms with Crippen molar-refractivity contribution < 1.29 is 0 Å². The van der Waals surface area contributed by atoms with E-state index in [0.717, 1.165) is 0 Å². The van der Waals surface area contributed by atoms with Crippen LogP contribution in [0.5, 0.6) is 0 Å². The SMILES string of the molecule is Cc1ccccc1C1CCCCC(N)C1. The Balaban J connectivity index is 2.18. The van der Waals surface area contributed by atoms with Gasteiger partial charge in [0.15, 0.2) is 0 Å². The van der Waals surface area contributed by atoms with Crippen molar-refractivity contribution in [1.29, 1.82) is 0 Å². The van der Waals surface area contributed by atoms with Gasteiger partial charge < -0.3 is 5.73 Å². The first-order valence-corrected chi connectivity index (χ1v) is 6.08. The van der Waals surface area contributed by atoms with Crippen LogP contribution in [0, 0.1) is 6.92 Å². The molecule has 0 heterocycles. The van der Waals surface area contributed by atoms with Crippen molar-refractivity contribution in [3.63, 3.8) is 0 Å². The molecule has 2 rings (SSSR count). The van der Waals surface area contributed by atoms with Gasteiger partial charge in [0.2, 0.25) is 0 Å². The van der Waals surface area contributed by atoms with Gasteiger partial charge in [0.25, 0.3) is 0 Å². The molecule has 1 saturated carbocycles. The number of hydrogen-bond donors (Lipinski definition) is 1. The molecule has 0 amide bonds. The van der Waals surface area contributed by atoms with Crippen LogP contribution in [0.25, 0.3) is 0 Å². The van der Waals surface area contributed by atoms with E-state index in [1.165, 1.54) is 43.2 Å². The van der Waals surface area contributed by atoms with Crippen LogP contribution in [-0.4, -0.2) is 6.04 Å². The van der Waals surface area contributed by atoms with E-state index in [4.69, 9.17) is 5.73 Å². The van der Waals surface area contributed by atoms with Crippen LogP contribution in [0.1, 0.15) is 49.1 Å². The Bertz CT molecular complexity index is 319. The average Bonchev–Trinajstić information content (AvgIpc) is 2.43. The van der Waals surface area contributed by atoms with E-state index in [2.05, 4.69) is 31.2 Å². The first-order valence-electron chi connectivity index (χ1n) is 6.08. The van der Waals surface area contributed by atoms with Gasteiger partial charge in [-0.25, -0.2) is 0 Å². The molecule has 2 atom stereocenters. The van der Waals surface area contributed by atoms with E-state index in [0.29, 0.717) is 12.0 Å². The molecule has 0 aromatic heterocycles. The largest absolute Gasteiger partial charge is 0.328 e. The normalized spacial score (nSPS) is 27.3. The molecule has 0 saturated heterocycles. The minimum Gasteiger partial charge on any atom is -0.328 e. The topological polar surface area (TPSA) is 26.0 Å². The summed E-state index contributed by atoms with van der Waals surface area (Å²) in [5, 5.41) is 0. The van der Waals surface area contributed by atoms with Crippen LogP contribution >= 0.6 is 0 Å². The van der Waals surface area contributed by atoms with Gasteiger partial charge in [0.1, 0.15) is 0 Å². The summed E-state index contributed by atoms with van der Waals surface area (Å²) in [6, 6.07) is 9.18. The predicted octanol–water partition coefficient (Wildman–Crippen LogP) is 3.37. The van der Waals surface area contributed by atoms with Gasteiger partial charge in [-0.15, -0.1) is 0 Å². The fourth-order valence-corrected chi connectivity index (χ4v) is 2.73. The lowest BCUT2D eigenvalue weighted by atomic mass is 9.88. The van der Waals surface area contributed by atoms with Crippen LogP contribution in [0.15, 0.2) is 24.3 Å². The Morgan fingerprint density at radius 2 is 1.87 bits per heavy atom. The van der Waals surface area contributed by atoms with Gasteiger partial charge in [-0.05, 0) is 43.2 Å². The summed E-state index contributed by atoms with van der Waals surface area (Å²) in [6.45, 7) is 2.21. The molecule has 0 spiro atoms. The van der Waals surface area contributed by atoms with E-state index in [-0.39, 0.29) is 0 Å². The van der Waals surface area contributed by atoms with Crippen LogP contribution < -0.4 is 5.73 Å². The van der Waals surface area contributed by atoms with Crippen LogP contribution in [0.2, 0.25) is 0 Å². The molecule has 1 aliphatic rings. The van der Waals surface area contributed by atoms with Gasteiger partial charge >= 0.3 is 0 Å². The Morgan fingerprint density at radius 1 is 1.13 bits per heavy atom. The highest BCUT2D eigenvalue weighted by Gasteiger charge is 2.19. The highest BCUT2D eigenvalue weighted by atomic mass is 14.6. The number of benzene rings is 1. The minimum atomic E-state index is 0.414. The fourth-order valence-electron chi connectivity index (χ4n) is 2.73. The summed E-state index contributed by atoms with van der Waals surface area (Å²) >= 11 is 0. The number of rotatable bonds is 1. The maximum atomic E-state index is 6.11. The van der Waals surface area contributed by atoms with Crippen molar-refractivity contribution in [2.45, 2.75) is 51.0 Å².